The van der Waals surface area contributed by atoms with Crippen LogP contribution in [0.5, 0.6) is 0 Å². The Bertz CT molecular complexity index is 352. The fourth-order valence-corrected chi connectivity index (χ4v) is 1.23. The topological polar surface area (TPSA) is 96.4 Å². The van der Waals surface area contributed by atoms with E-state index in [-0.39, 0.29) is 17.9 Å². The van der Waals surface area contributed by atoms with Crippen LogP contribution in [0.15, 0.2) is 12.3 Å². The molecule has 0 aromatic carbocycles. The first-order valence-electron chi connectivity index (χ1n) is 4.13. The monoisotopic (exact) mass is 196 g/mol. The van der Waals surface area contributed by atoms with Crippen LogP contribution >= 0.6 is 0 Å². The molecular formula is C9H12N2O3. The lowest BCUT2D eigenvalue weighted by Crippen LogP contribution is -2.20. The van der Waals surface area contributed by atoms with Crippen LogP contribution in [0.25, 0.3) is 0 Å². The Kier molecular flexibility index (Phi) is 3.16. The summed E-state index contributed by atoms with van der Waals surface area (Å²) in [5, 5.41) is 17.7. The fraction of sp³-hybridized carbons (Fsp3) is 0.333. The number of aryl methyl sites for hydroxylation is 1. The Morgan fingerprint density at radius 1 is 1.71 bits per heavy atom. The molecule has 0 radical (unpaired) electrons. The number of carboxylic acid groups (broad SMARTS) is 1. The number of nitrogens with zero attached hydrogens (tertiary/aromatic N) is 1. The van der Waals surface area contributed by atoms with Gasteiger partial charge in [0.1, 0.15) is 0 Å². The maximum Gasteiger partial charge on any atom is 0.337 e. The minimum absolute atomic E-state index is 0.0778. The summed E-state index contributed by atoms with van der Waals surface area (Å²) in [7, 11) is 0. The number of carboxylic acids is 1. The summed E-state index contributed by atoms with van der Waals surface area (Å²) in [5.41, 5.74) is 6.42. The van der Waals surface area contributed by atoms with E-state index in [9.17, 15) is 4.79 Å². The third-order valence-electron chi connectivity index (χ3n) is 1.95. The van der Waals surface area contributed by atoms with Gasteiger partial charge >= 0.3 is 5.97 Å². The maximum atomic E-state index is 10.9. The van der Waals surface area contributed by atoms with E-state index >= 15 is 0 Å². The molecule has 0 unspecified atom stereocenters. The molecule has 0 saturated heterocycles. The van der Waals surface area contributed by atoms with E-state index in [1.54, 1.807) is 13.0 Å². The molecule has 0 fully saturated rings. The highest BCUT2D eigenvalue weighted by molar-refractivity contribution is 5.90. The van der Waals surface area contributed by atoms with Gasteiger partial charge in [-0.2, -0.15) is 0 Å². The number of aliphatic hydroxyl groups excluding tert-OH is 1. The highest BCUT2D eigenvalue weighted by Gasteiger charge is 2.18. The standard InChI is InChI=1S/C9H12N2O3/c1-5-2-3-11-8(6(10)4-12)7(5)9(13)14/h2-3,6,12H,4,10H2,1H3,(H,13,14)/t6-/m0/s1. The van der Waals surface area contributed by atoms with Gasteiger partial charge < -0.3 is 15.9 Å². The van der Waals surface area contributed by atoms with E-state index in [0.717, 1.165) is 0 Å². The van der Waals surface area contributed by atoms with Crippen LogP contribution in [0.2, 0.25) is 0 Å². The summed E-state index contributed by atoms with van der Waals surface area (Å²) < 4.78 is 0. The first kappa shape index (κ1) is 10.6. The molecule has 0 bridgehead atoms. The lowest BCUT2D eigenvalue weighted by atomic mass is 10.0. The molecule has 0 saturated carbocycles. The molecule has 1 heterocycles. The molecule has 1 rings (SSSR count). The van der Waals surface area contributed by atoms with Gasteiger partial charge in [-0.1, -0.05) is 0 Å². The van der Waals surface area contributed by atoms with E-state index in [0.29, 0.717) is 5.56 Å². The van der Waals surface area contributed by atoms with Crippen LogP contribution in [0.4, 0.5) is 0 Å². The van der Waals surface area contributed by atoms with E-state index in [1.807, 2.05) is 0 Å². The second-order valence-electron chi connectivity index (χ2n) is 2.98. The van der Waals surface area contributed by atoms with Crippen LogP contribution in [-0.4, -0.2) is 27.8 Å². The van der Waals surface area contributed by atoms with Crippen LogP contribution in [0, 0.1) is 6.92 Å². The van der Waals surface area contributed by atoms with Crippen molar-refractivity contribution in [3.05, 3.63) is 29.1 Å². The number of rotatable bonds is 3. The summed E-state index contributed by atoms with van der Waals surface area (Å²) in [4.78, 5) is 14.8. The second-order valence-corrected chi connectivity index (χ2v) is 2.98. The van der Waals surface area contributed by atoms with Crippen LogP contribution in [-0.2, 0) is 0 Å². The summed E-state index contributed by atoms with van der Waals surface area (Å²) in [5.74, 6) is -1.07. The smallest absolute Gasteiger partial charge is 0.337 e. The SMILES string of the molecule is Cc1ccnc([C@@H](N)CO)c1C(=O)O. The first-order chi connectivity index (χ1) is 6.57. The van der Waals surface area contributed by atoms with E-state index < -0.39 is 12.0 Å². The molecule has 0 aliphatic carbocycles. The third-order valence-corrected chi connectivity index (χ3v) is 1.95. The van der Waals surface area contributed by atoms with Gasteiger partial charge in [0.25, 0.3) is 0 Å². The van der Waals surface area contributed by atoms with Gasteiger partial charge in [0.15, 0.2) is 0 Å². The molecule has 0 amide bonds. The number of hydrogen-bond donors (Lipinski definition) is 3. The second kappa shape index (κ2) is 4.17. The molecular weight excluding hydrogens is 184 g/mol. The average molecular weight is 196 g/mol. The quantitative estimate of drug-likeness (QED) is 0.636. The van der Waals surface area contributed by atoms with Crippen molar-refractivity contribution in [1.29, 1.82) is 0 Å². The lowest BCUT2D eigenvalue weighted by Gasteiger charge is -2.11. The summed E-state index contributed by atoms with van der Waals surface area (Å²) >= 11 is 0. The van der Waals surface area contributed by atoms with Crippen molar-refractivity contribution >= 4 is 5.97 Å². The van der Waals surface area contributed by atoms with E-state index in [1.165, 1.54) is 6.20 Å². The number of nitrogens with two attached hydrogens (primary N) is 1. The van der Waals surface area contributed by atoms with Gasteiger partial charge in [0.2, 0.25) is 0 Å². The zero-order valence-electron chi connectivity index (χ0n) is 7.77. The highest BCUT2D eigenvalue weighted by Crippen LogP contribution is 2.16. The Morgan fingerprint density at radius 2 is 2.36 bits per heavy atom. The Morgan fingerprint density at radius 3 is 2.86 bits per heavy atom. The van der Waals surface area contributed by atoms with Crippen molar-refractivity contribution in [1.82, 2.24) is 4.98 Å². The van der Waals surface area contributed by atoms with Gasteiger partial charge in [-0.05, 0) is 18.6 Å². The van der Waals surface area contributed by atoms with Crippen molar-refractivity contribution in [3.8, 4) is 0 Å². The number of aromatic nitrogens is 1. The normalized spacial score (nSPS) is 12.5. The van der Waals surface area contributed by atoms with Crippen LogP contribution in [0.3, 0.4) is 0 Å². The largest absolute Gasteiger partial charge is 0.478 e. The summed E-state index contributed by atoms with van der Waals surface area (Å²) in [6, 6.07) is 0.845. The minimum atomic E-state index is -1.07. The number of carbonyl (C=O) groups is 1. The average Bonchev–Trinajstić information content (AvgIpc) is 2.15. The molecule has 0 aliphatic heterocycles. The maximum absolute atomic E-state index is 10.9. The van der Waals surface area contributed by atoms with Crippen molar-refractivity contribution in [3.63, 3.8) is 0 Å². The van der Waals surface area contributed by atoms with Gasteiger partial charge in [-0.25, -0.2) is 4.79 Å². The molecule has 5 heteroatoms. The number of hydrogen-bond acceptors (Lipinski definition) is 4. The van der Waals surface area contributed by atoms with E-state index in [4.69, 9.17) is 15.9 Å². The Hall–Kier alpha value is -1.46. The molecule has 0 spiro atoms. The fourth-order valence-electron chi connectivity index (χ4n) is 1.23. The predicted molar refractivity (Wildman–Crippen MR) is 49.9 cm³/mol. The number of pyridine rings is 1. The molecule has 1 aromatic rings. The molecule has 0 aliphatic rings. The zero-order valence-corrected chi connectivity index (χ0v) is 7.77. The number of aromatic carboxylic acids is 1. The Balaban J connectivity index is 3.28. The van der Waals surface area contributed by atoms with Crippen molar-refractivity contribution in [2.75, 3.05) is 6.61 Å². The predicted octanol–water partition coefficient (Wildman–Crippen LogP) is 0.0803. The first-order valence-corrected chi connectivity index (χ1v) is 4.13. The molecule has 14 heavy (non-hydrogen) atoms. The van der Waals surface area contributed by atoms with E-state index in [2.05, 4.69) is 4.98 Å². The van der Waals surface area contributed by atoms with Crippen LogP contribution < -0.4 is 5.73 Å². The Labute approximate surface area is 81.2 Å². The third kappa shape index (κ3) is 1.89. The van der Waals surface area contributed by atoms with Crippen molar-refractivity contribution < 1.29 is 15.0 Å². The van der Waals surface area contributed by atoms with Gasteiger partial charge in [-0.3, -0.25) is 4.98 Å². The van der Waals surface area contributed by atoms with Crippen molar-refractivity contribution in [2.24, 2.45) is 5.73 Å². The summed E-state index contributed by atoms with van der Waals surface area (Å²) in [6.07, 6.45) is 1.48. The minimum Gasteiger partial charge on any atom is -0.478 e. The lowest BCUT2D eigenvalue weighted by molar-refractivity contribution is 0.0693. The summed E-state index contributed by atoms with van der Waals surface area (Å²) in [6.45, 7) is 1.34. The van der Waals surface area contributed by atoms with Gasteiger partial charge in [0.05, 0.1) is 23.9 Å². The zero-order chi connectivity index (χ0) is 10.7. The van der Waals surface area contributed by atoms with Crippen molar-refractivity contribution in [2.45, 2.75) is 13.0 Å². The highest BCUT2D eigenvalue weighted by atomic mass is 16.4. The van der Waals surface area contributed by atoms with Gasteiger partial charge in [0, 0.05) is 6.20 Å². The number of aliphatic hydroxyl groups is 1. The van der Waals surface area contributed by atoms with Gasteiger partial charge in [-0.15, -0.1) is 0 Å². The molecule has 76 valence electrons. The molecule has 1 aromatic heterocycles. The molecule has 1 atom stereocenters. The molecule has 5 nitrogen and oxygen atoms in total. The molecule has 4 N–H and O–H groups in total. The van der Waals surface area contributed by atoms with Crippen LogP contribution in [0.1, 0.15) is 27.7 Å².